The van der Waals surface area contributed by atoms with Gasteiger partial charge in [-0.1, -0.05) is 13.8 Å². The second kappa shape index (κ2) is 4.74. The molecule has 0 aromatic rings. The van der Waals surface area contributed by atoms with E-state index >= 15 is 0 Å². The Morgan fingerprint density at radius 3 is 2.33 bits per heavy atom. The van der Waals surface area contributed by atoms with Crippen LogP contribution in [0.2, 0.25) is 0 Å². The fourth-order valence-electron chi connectivity index (χ4n) is 0.863. The lowest BCUT2D eigenvalue weighted by Gasteiger charge is -2.10. The van der Waals surface area contributed by atoms with Crippen LogP contribution in [0.15, 0.2) is 0 Å². The van der Waals surface area contributed by atoms with Crippen LogP contribution in [0.1, 0.15) is 26.7 Å². The summed E-state index contributed by atoms with van der Waals surface area (Å²) in [7, 11) is 0. The Bertz CT molecular complexity index is 63.9. The summed E-state index contributed by atoms with van der Waals surface area (Å²) in [5.74, 6) is 0.589. The van der Waals surface area contributed by atoms with Gasteiger partial charge in [-0.3, -0.25) is 4.39 Å². The molecule has 0 spiro atoms. The fourth-order valence-corrected chi connectivity index (χ4v) is 0.863. The standard InChI is InChI=1S/C7H16FN/c1-6(2)5-7(9)3-4-8/h6-7H,3-5,9H2,1-2H3/t7-/m0/s1. The summed E-state index contributed by atoms with van der Waals surface area (Å²) in [5.41, 5.74) is 5.55. The lowest BCUT2D eigenvalue weighted by Crippen LogP contribution is -2.22. The third-order valence-electron chi connectivity index (χ3n) is 1.25. The Labute approximate surface area is 56.4 Å². The van der Waals surface area contributed by atoms with Crippen molar-refractivity contribution in [2.75, 3.05) is 6.67 Å². The summed E-state index contributed by atoms with van der Waals surface area (Å²) in [6.07, 6.45) is 1.45. The van der Waals surface area contributed by atoms with Crippen LogP contribution in [-0.4, -0.2) is 12.7 Å². The van der Waals surface area contributed by atoms with Crippen molar-refractivity contribution < 1.29 is 4.39 Å². The first-order valence-corrected chi connectivity index (χ1v) is 3.48. The van der Waals surface area contributed by atoms with Gasteiger partial charge in [0.1, 0.15) is 0 Å². The van der Waals surface area contributed by atoms with Crippen molar-refractivity contribution in [1.82, 2.24) is 0 Å². The molecule has 0 saturated heterocycles. The van der Waals surface area contributed by atoms with Gasteiger partial charge in [0.25, 0.3) is 0 Å². The van der Waals surface area contributed by atoms with Gasteiger partial charge in [0.2, 0.25) is 0 Å². The molecule has 0 aliphatic carbocycles. The van der Waals surface area contributed by atoms with E-state index in [9.17, 15) is 4.39 Å². The van der Waals surface area contributed by atoms with E-state index in [0.717, 1.165) is 6.42 Å². The Morgan fingerprint density at radius 2 is 2.00 bits per heavy atom. The highest BCUT2D eigenvalue weighted by Crippen LogP contribution is 2.04. The zero-order chi connectivity index (χ0) is 7.28. The maximum absolute atomic E-state index is 11.6. The lowest BCUT2D eigenvalue weighted by atomic mass is 10.0. The predicted octanol–water partition coefficient (Wildman–Crippen LogP) is 1.72. The van der Waals surface area contributed by atoms with Crippen molar-refractivity contribution in [3.05, 3.63) is 0 Å². The molecule has 0 amide bonds. The van der Waals surface area contributed by atoms with E-state index in [1.165, 1.54) is 0 Å². The Hall–Kier alpha value is -0.110. The predicted molar refractivity (Wildman–Crippen MR) is 38.0 cm³/mol. The molecule has 2 N–H and O–H groups in total. The number of rotatable bonds is 4. The molecule has 1 atom stereocenters. The SMILES string of the molecule is CC(C)C[C@@H](N)CCF. The highest BCUT2D eigenvalue weighted by atomic mass is 19.1. The quantitative estimate of drug-likeness (QED) is 0.621. The summed E-state index contributed by atoms with van der Waals surface area (Å²) in [4.78, 5) is 0. The highest BCUT2D eigenvalue weighted by Gasteiger charge is 2.03. The Balaban J connectivity index is 3.15. The number of hydrogen-bond acceptors (Lipinski definition) is 1. The first-order valence-electron chi connectivity index (χ1n) is 3.48. The number of nitrogens with two attached hydrogens (primary N) is 1. The van der Waals surface area contributed by atoms with Crippen LogP contribution in [0.4, 0.5) is 4.39 Å². The van der Waals surface area contributed by atoms with E-state index in [4.69, 9.17) is 5.73 Å². The molecule has 9 heavy (non-hydrogen) atoms. The van der Waals surface area contributed by atoms with Gasteiger partial charge in [-0.2, -0.15) is 0 Å². The van der Waals surface area contributed by atoms with E-state index in [2.05, 4.69) is 13.8 Å². The van der Waals surface area contributed by atoms with Gasteiger partial charge in [-0.05, 0) is 18.8 Å². The zero-order valence-electron chi connectivity index (χ0n) is 6.23. The van der Waals surface area contributed by atoms with E-state index in [1.54, 1.807) is 0 Å². The lowest BCUT2D eigenvalue weighted by molar-refractivity contribution is 0.399. The maximum Gasteiger partial charge on any atom is 0.0909 e. The second-order valence-corrected chi connectivity index (χ2v) is 2.87. The van der Waals surface area contributed by atoms with Gasteiger partial charge < -0.3 is 5.73 Å². The van der Waals surface area contributed by atoms with Crippen LogP contribution in [0, 0.1) is 5.92 Å². The molecule has 56 valence electrons. The summed E-state index contributed by atoms with van der Waals surface area (Å²) in [6.45, 7) is 3.91. The van der Waals surface area contributed by atoms with Gasteiger partial charge in [-0.25, -0.2) is 0 Å². The molecule has 0 rings (SSSR count). The summed E-state index contributed by atoms with van der Waals surface area (Å²) in [6, 6.07) is 0.0648. The average molecular weight is 133 g/mol. The third-order valence-corrected chi connectivity index (χ3v) is 1.25. The largest absolute Gasteiger partial charge is 0.328 e. The van der Waals surface area contributed by atoms with Crippen molar-refractivity contribution >= 4 is 0 Å². The first kappa shape index (κ1) is 8.89. The van der Waals surface area contributed by atoms with Crippen molar-refractivity contribution in [2.24, 2.45) is 11.7 Å². The van der Waals surface area contributed by atoms with Gasteiger partial charge in [-0.15, -0.1) is 0 Å². The Kier molecular flexibility index (Phi) is 4.68. The molecule has 0 fully saturated rings. The molecule has 0 radical (unpaired) electrons. The third kappa shape index (κ3) is 5.77. The van der Waals surface area contributed by atoms with Gasteiger partial charge >= 0.3 is 0 Å². The van der Waals surface area contributed by atoms with E-state index in [0.29, 0.717) is 12.3 Å². The molecule has 0 heterocycles. The minimum Gasteiger partial charge on any atom is -0.328 e. The zero-order valence-corrected chi connectivity index (χ0v) is 6.23. The normalized spacial score (nSPS) is 14.3. The minimum absolute atomic E-state index is 0.0648. The van der Waals surface area contributed by atoms with Crippen LogP contribution in [-0.2, 0) is 0 Å². The molecule has 0 aromatic heterocycles. The van der Waals surface area contributed by atoms with Crippen LogP contribution in [0.3, 0.4) is 0 Å². The first-order chi connectivity index (χ1) is 4.16. The van der Waals surface area contributed by atoms with Crippen LogP contribution >= 0.6 is 0 Å². The van der Waals surface area contributed by atoms with Gasteiger partial charge in [0.15, 0.2) is 0 Å². The average Bonchev–Trinajstić information content (AvgIpc) is 1.63. The van der Waals surface area contributed by atoms with Crippen LogP contribution in [0.25, 0.3) is 0 Å². The maximum atomic E-state index is 11.6. The molecule has 2 heteroatoms. The van der Waals surface area contributed by atoms with Crippen molar-refractivity contribution in [3.8, 4) is 0 Å². The number of halogens is 1. The second-order valence-electron chi connectivity index (χ2n) is 2.87. The van der Waals surface area contributed by atoms with Gasteiger partial charge in [0.05, 0.1) is 6.67 Å². The van der Waals surface area contributed by atoms with E-state index < -0.39 is 0 Å². The minimum atomic E-state index is -0.284. The molecular weight excluding hydrogens is 117 g/mol. The van der Waals surface area contributed by atoms with Crippen LogP contribution < -0.4 is 5.73 Å². The topological polar surface area (TPSA) is 26.0 Å². The number of hydrogen-bond donors (Lipinski definition) is 1. The summed E-state index contributed by atoms with van der Waals surface area (Å²) < 4.78 is 11.6. The molecule has 1 nitrogen and oxygen atoms in total. The molecule has 0 bridgehead atoms. The molecule has 0 unspecified atom stereocenters. The molecule has 0 aliphatic heterocycles. The van der Waals surface area contributed by atoms with E-state index in [-0.39, 0.29) is 12.7 Å². The fraction of sp³-hybridized carbons (Fsp3) is 1.00. The van der Waals surface area contributed by atoms with Crippen molar-refractivity contribution in [3.63, 3.8) is 0 Å². The Morgan fingerprint density at radius 1 is 1.44 bits per heavy atom. The molecule has 0 aromatic carbocycles. The van der Waals surface area contributed by atoms with Crippen molar-refractivity contribution in [1.29, 1.82) is 0 Å². The molecular formula is C7H16FN. The van der Waals surface area contributed by atoms with Gasteiger partial charge in [0, 0.05) is 6.04 Å². The molecule has 0 saturated carbocycles. The summed E-state index contributed by atoms with van der Waals surface area (Å²) >= 11 is 0. The molecule has 0 aliphatic rings. The summed E-state index contributed by atoms with van der Waals surface area (Å²) in [5, 5.41) is 0. The highest BCUT2D eigenvalue weighted by molar-refractivity contribution is 4.61. The number of alkyl halides is 1. The van der Waals surface area contributed by atoms with Crippen LogP contribution in [0.5, 0.6) is 0 Å². The van der Waals surface area contributed by atoms with E-state index in [1.807, 2.05) is 0 Å². The smallest absolute Gasteiger partial charge is 0.0909 e. The van der Waals surface area contributed by atoms with Crippen molar-refractivity contribution in [2.45, 2.75) is 32.7 Å². The monoisotopic (exact) mass is 133 g/mol.